The van der Waals surface area contributed by atoms with E-state index in [2.05, 4.69) is 58.3 Å². The van der Waals surface area contributed by atoms with Crippen molar-refractivity contribution in [2.45, 2.75) is 6.61 Å². The molecule has 33 heavy (non-hydrogen) atoms. The van der Waals surface area contributed by atoms with Gasteiger partial charge >= 0.3 is 5.91 Å². The van der Waals surface area contributed by atoms with Crippen LogP contribution in [0.2, 0.25) is 0 Å². The van der Waals surface area contributed by atoms with Gasteiger partial charge in [0.15, 0.2) is 17.3 Å². The van der Waals surface area contributed by atoms with E-state index in [1.54, 1.807) is 19.2 Å². The third kappa shape index (κ3) is 5.66. The third-order valence-electron chi connectivity index (χ3n) is 4.62. The molecule has 168 valence electrons. The highest BCUT2D eigenvalue weighted by Gasteiger charge is 2.15. The molecule has 0 saturated heterocycles. The van der Waals surface area contributed by atoms with Gasteiger partial charge in [-0.05, 0) is 73.3 Å². The van der Waals surface area contributed by atoms with Crippen molar-refractivity contribution in [3.8, 4) is 11.5 Å². The Morgan fingerprint density at radius 2 is 1.85 bits per heavy atom. The molecule has 9 heteroatoms. The predicted molar refractivity (Wildman–Crippen MR) is 138 cm³/mol. The van der Waals surface area contributed by atoms with Crippen molar-refractivity contribution >= 4 is 70.9 Å². The molecular weight excluding hydrogens is 620 g/mol. The summed E-state index contributed by atoms with van der Waals surface area (Å²) in [5.41, 5.74) is 4.83. The van der Waals surface area contributed by atoms with E-state index in [0.717, 1.165) is 19.9 Å². The maximum atomic E-state index is 12.5. The van der Waals surface area contributed by atoms with E-state index in [1.165, 1.54) is 6.21 Å². The number of hydrogen-bond donors (Lipinski definition) is 1. The number of methoxy groups -OCH3 is 1. The summed E-state index contributed by atoms with van der Waals surface area (Å²) >= 11 is 10.4. The van der Waals surface area contributed by atoms with Crippen molar-refractivity contribution in [1.29, 1.82) is 0 Å². The third-order valence-corrected chi connectivity index (χ3v) is 6.25. The smallest absolute Gasteiger partial charge is 0.307 e. The molecule has 4 aromatic rings. The minimum Gasteiger partial charge on any atom is -0.493 e. The van der Waals surface area contributed by atoms with Crippen LogP contribution >= 0.6 is 47.8 Å². The number of nitrogens with one attached hydrogen (secondary N) is 1. The molecule has 0 unspecified atom stereocenters. The number of rotatable bonds is 7. The maximum Gasteiger partial charge on any atom is 0.307 e. The quantitative estimate of drug-likeness (QED) is 0.174. The summed E-state index contributed by atoms with van der Waals surface area (Å²) in [6.07, 6.45) is 1.52. The van der Waals surface area contributed by atoms with E-state index in [0.29, 0.717) is 33.7 Å². The monoisotopic (exact) mass is 634 g/mol. The van der Waals surface area contributed by atoms with Crippen LogP contribution in [0.4, 0.5) is 0 Å². The first-order chi connectivity index (χ1) is 15.9. The highest BCUT2D eigenvalue weighted by molar-refractivity contribution is 9.11. The molecule has 0 atom stereocenters. The molecule has 0 radical (unpaired) electrons. The minimum absolute atomic E-state index is 0.157. The largest absolute Gasteiger partial charge is 0.493 e. The molecule has 4 rings (SSSR count). The van der Waals surface area contributed by atoms with Crippen molar-refractivity contribution in [2.75, 3.05) is 7.11 Å². The van der Waals surface area contributed by atoms with Crippen LogP contribution in [-0.4, -0.2) is 19.2 Å². The van der Waals surface area contributed by atoms with Crippen molar-refractivity contribution in [3.63, 3.8) is 0 Å². The van der Waals surface area contributed by atoms with Gasteiger partial charge in [0, 0.05) is 9.86 Å². The number of fused-ring (bicyclic) bond motifs is 1. The van der Waals surface area contributed by atoms with Gasteiger partial charge in [-0.15, -0.1) is 0 Å². The van der Waals surface area contributed by atoms with Gasteiger partial charge in [-0.25, -0.2) is 5.43 Å². The molecule has 0 spiro atoms. The molecule has 3 aromatic carbocycles. The van der Waals surface area contributed by atoms with Crippen LogP contribution in [0.3, 0.4) is 0 Å². The molecule has 1 amide bonds. The summed E-state index contributed by atoms with van der Waals surface area (Å²) in [5.74, 6) is 0.825. The topological polar surface area (TPSA) is 73.1 Å². The molecule has 0 aliphatic heterocycles. The predicted octanol–water partition coefficient (Wildman–Crippen LogP) is 7.07. The SMILES string of the molecule is COc1cc(/C=N\NC(=O)c2cc3cc(Br)cc(Br)c3o2)cc(Br)c1OCc1ccccc1. The van der Waals surface area contributed by atoms with E-state index < -0.39 is 5.91 Å². The lowest BCUT2D eigenvalue weighted by molar-refractivity contribution is 0.0929. The molecule has 6 nitrogen and oxygen atoms in total. The summed E-state index contributed by atoms with van der Waals surface area (Å²) in [5, 5.41) is 4.84. The van der Waals surface area contributed by atoms with Crippen LogP contribution in [0, 0.1) is 0 Å². The second-order valence-corrected chi connectivity index (χ2v) is 9.55. The molecule has 0 aliphatic carbocycles. The Balaban J connectivity index is 1.46. The molecular formula is C24H17Br3N2O4. The maximum absolute atomic E-state index is 12.5. The zero-order valence-corrected chi connectivity index (χ0v) is 22.0. The number of benzene rings is 3. The summed E-state index contributed by atoms with van der Waals surface area (Å²) in [6, 6.07) is 18.8. The Morgan fingerprint density at radius 1 is 1.06 bits per heavy atom. The van der Waals surface area contributed by atoms with Crippen LogP contribution in [0.25, 0.3) is 11.0 Å². The van der Waals surface area contributed by atoms with E-state index in [-0.39, 0.29) is 5.76 Å². The number of furan rings is 1. The Hall–Kier alpha value is -2.62. The zero-order chi connectivity index (χ0) is 23.4. The Morgan fingerprint density at radius 3 is 2.61 bits per heavy atom. The van der Waals surface area contributed by atoms with Crippen molar-refractivity contribution < 1.29 is 18.7 Å². The highest BCUT2D eigenvalue weighted by Crippen LogP contribution is 2.37. The van der Waals surface area contributed by atoms with Gasteiger partial charge in [0.05, 0.1) is 22.3 Å². The zero-order valence-electron chi connectivity index (χ0n) is 17.3. The Labute approximate surface area is 215 Å². The number of carbonyl (C=O) groups is 1. The van der Waals surface area contributed by atoms with E-state index >= 15 is 0 Å². The van der Waals surface area contributed by atoms with E-state index in [4.69, 9.17) is 13.9 Å². The number of ether oxygens (including phenoxy) is 2. The van der Waals surface area contributed by atoms with E-state index in [1.807, 2.05) is 48.5 Å². The first-order valence-corrected chi connectivity index (χ1v) is 12.1. The van der Waals surface area contributed by atoms with Crippen LogP contribution in [0.1, 0.15) is 21.7 Å². The second kappa shape index (κ2) is 10.5. The van der Waals surface area contributed by atoms with Crippen molar-refractivity contribution in [2.24, 2.45) is 5.10 Å². The van der Waals surface area contributed by atoms with Gasteiger partial charge in [-0.3, -0.25) is 4.79 Å². The normalized spacial score (nSPS) is 11.2. The lowest BCUT2D eigenvalue weighted by Crippen LogP contribution is -2.16. The first-order valence-electron chi connectivity index (χ1n) is 9.71. The molecule has 1 aromatic heterocycles. The summed E-state index contributed by atoms with van der Waals surface area (Å²) in [7, 11) is 1.57. The number of carbonyl (C=O) groups excluding carboxylic acids is 1. The molecule has 0 aliphatic rings. The summed E-state index contributed by atoms with van der Waals surface area (Å²) in [6.45, 7) is 0.406. The number of halogens is 3. The molecule has 1 heterocycles. The summed E-state index contributed by atoms with van der Waals surface area (Å²) in [4.78, 5) is 12.5. The molecule has 1 N–H and O–H groups in total. The van der Waals surface area contributed by atoms with Crippen LogP contribution in [-0.2, 0) is 6.61 Å². The lowest BCUT2D eigenvalue weighted by atomic mass is 10.2. The minimum atomic E-state index is -0.459. The van der Waals surface area contributed by atoms with Crippen LogP contribution in [0.5, 0.6) is 11.5 Å². The van der Waals surface area contributed by atoms with Gasteiger partial charge < -0.3 is 13.9 Å². The molecule has 0 saturated carbocycles. The van der Waals surface area contributed by atoms with E-state index in [9.17, 15) is 4.79 Å². The number of hydrogen-bond acceptors (Lipinski definition) is 5. The van der Waals surface area contributed by atoms with Crippen LogP contribution < -0.4 is 14.9 Å². The average Bonchev–Trinajstić information content (AvgIpc) is 3.23. The number of hydrazone groups is 1. The van der Waals surface area contributed by atoms with Gasteiger partial charge in [0.2, 0.25) is 0 Å². The summed E-state index contributed by atoms with van der Waals surface area (Å²) < 4.78 is 19.4. The fourth-order valence-electron chi connectivity index (χ4n) is 3.09. The Kier molecular flexibility index (Phi) is 7.52. The fraction of sp³-hybridized carbons (Fsp3) is 0.0833. The molecule has 0 fully saturated rings. The van der Waals surface area contributed by atoms with Gasteiger partial charge in [-0.2, -0.15) is 5.10 Å². The average molecular weight is 637 g/mol. The first kappa shape index (κ1) is 23.5. The van der Waals surface area contributed by atoms with Crippen molar-refractivity contribution in [1.82, 2.24) is 5.43 Å². The van der Waals surface area contributed by atoms with Gasteiger partial charge in [-0.1, -0.05) is 46.3 Å². The van der Waals surface area contributed by atoms with Gasteiger partial charge in [0.1, 0.15) is 12.2 Å². The standard InChI is InChI=1S/C24H17Br3N2O4/c1-31-20-8-15(7-18(26)23(20)32-13-14-5-3-2-4-6-14)12-28-29-24(30)21-10-16-9-17(25)11-19(27)22(16)33-21/h2-12H,13H2,1H3,(H,29,30)/b28-12-. The Bertz CT molecular complexity index is 1340. The lowest BCUT2D eigenvalue weighted by Gasteiger charge is -2.13. The van der Waals surface area contributed by atoms with Crippen LogP contribution in [0.15, 0.2) is 83.6 Å². The highest BCUT2D eigenvalue weighted by atomic mass is 79.9. The molecule has 0 bridgehead atoms. The van der Waals surface area contributed by atoms with Gasteiger partial charge in [0.25, 0.3) is 0 Å². The number of amides is 1. The second-order valence-electron chi connectivity index (χ2n) is 6.92. The van der Waals surface area contributed by atoms with Crippen molar-refractivity contribution in [3.05, 3.63) is 91.0 Å². The fourth-order valence-corrected chi connectivity index (χ4v) is 5.01. The number of nitrogens with zero attached hydrogens (tertiary/aromatic N) is 1.